The highest BCUT2D eigenvalue weighted by molar-refractivity contribution is 5.60. The number of anilines is 13. The van der Waals surface area contributed by atoms with E-state index < -0.39 is 5.60 Å². The predicted octanol–water partition coefficient (Wildman–Crippen LogP) is 8.20. The van der Waals surface area contributed by atoms with Gasteiger partial charge in [-0.2, -0.15) is 19.9 Å². The number of aliphatic hydroxyl groups is 1. The SMILES string of the molecule is Fc1cccc(Cc2cnc(N3CCN(c4ncnc(Nc5ccc6c(c5)CNCC6)n4)CC3)nc2)c1.Nc1nc(N2CCN(c3ncnc(Nc4ccc5c(c4)CNCC5)n3)CC2)ncc1Cc1ccccc1.OC1(c2ccc(Nc3ncnc(N4CCN(c5ncc(Cc6ccccc6)cn5)CC4)n3)cc2)COC1. The molecule has 30 heteroatoms. The summed E-state index contributed by atoms with van der Waals surface area (Å²) in [6.07, 6.45) is 18.2. The van der Waals surface area contributed by atoms with E-state index in [1.807, 2.05) is 97.7 Å². The van der Waals surface area contributed by atoms with Gasteiger partial charge in [-0.25, -0.2) is 59.2 Å². The Morgan fingerprint density at radius 2 is 0.784 bits per heavy atom. The van der Waals surface area contributed by atoms with Gasteiger partial charge < -0.3 is 71.6 Å². The van der Waals surface area contributed by atoms with E-state index in [4.69, 9.17) is 10.5 Å². The van der Waals surface area contributed by atoms with E-state index in [2.05, 4.69) is 191 Å². The third-order valence-electron chi connectivity index (χ3n) is 20.3. The van der Waals surface area contributed by atoms with Gasteiger partial charge in [0.1, 0.15) is 36.2 Å². The van der Waals surface area contributed by atoms with E-state index in [0.717, 1.165) is 181 Å². The first-order valence-corrected chi connectivity index (χ1v) is 37.5. The number of nitrogens with one attached hydrogen (secondary N) is 5. The number of halogens is 1. The first-order chi connectivity index (χ1) is 54.5. The Morgan fingerprint density at radius 3 is 1.22 bits per heavy atom. The number of nitrogens with two attached hydrogens (primary N) is 1. The van der Waals surface area contributed by atoms with Gasteiger partial charge in [0.25, 0.3) is 0 Å². The Bertz CT molecular complexity index is 5070. The number of aromatic nitrogens is 15. The van der Waals surface area contributed by atoms with Crippen LogP contribution in [-0.2, 0) is 55.5 Å². The minimum atomic E-state index is -0.879. The Labute approximate surface area is 642 Å². The zero-order valence-corrected chi connectivity index (χ0v) is 61.4. The Morgan fingerprint density at radius 1 is 0.387 bits per heavy atom. The number of nitrogen functional groups attached to an aromatic ring is 1. The summed E-state index contributed by atoms with van der Waals surface area (Å²) in [5, 5.41) is 27.1. The molecular formula is C81H86FN27O2. The molecule has 0 spiro atoms. The molecule has 564 valence electrons. The number of nitrogens with zero attached hydrogens (tertiary/aromatic N) is 21. The van der Waals surface area contributed by atoms with Crippen LogP contribution < -0.4 is 61.7 Å². The lowest BCUT2D eigenvalue weighted by Crippen LogP contribution is -2.47. The molecule has 6 aromatic heterocycles. The zero-order valence-electron chi connectivity index (χ0n) is 61.4. The van der Waals surface area contributed by atoms with Crippen LogP contribution in [0.25, 0.3) is 0 Å². The maximum Gasteiger partial charge on any atom is 0.231 e. The van der Waals surface area contributed by atoms with E-state index in [0.29, 0.717) is 73.0 Å². The lowest BCUT2D eigenvalue weighted by molar-refractivity contribution is -0.184. The monoisotopic (exact) mass is 1490 g/mol. The molecule has 4 saturated heterocycles. The highest BCUT2D eigenvalue weighted by atomic mass is 19.1. The average Bonchev–Trinajstić information content (AvgIpc) is 0.799. The molecule has 8 N–H and O–H groups in total. The molecule has 12 heterocycles. The molecule has 6 aliphatic rings. The van der Waals surface area contributed by atoms with E-state index in [-0.39, 0.29) is 5.82 Å². The zero-order chi connectivity index (χ0) is 75.1. The van der Waals surface area contributed by atoms with Crippen LogP contribution in [0.3, 0.4) is 0 Å². The smallest absolute Gasteiger partial charge is 0.231 e. The predicted molar refractivity (Wildman–Crippen MR) is 426 cm³/mol. The Hall–Kier alpha value is -12.6. The normalized spacial score (nSPS) is 15.8. The summed E-state index contributed by atoms with van der Waals surface area (Å²) in [7, 11) is 0. The summed E-state index contributed by atoms with van der Waals surface area (Å²) in [5.74, 6) is 5.91. The van der Waals surface area contributed by atoms with Crippen molar-refractivity contribution in [2.24, 2.45) is 0 Å². The first kappa shape index (κ1) is 72.6. The molecule has 0 saturated carbocycles. The van der Waals surface area contributed by atoms with Crippen molar-refractivity contribution in [2.75, 3.05) is 156 Å². The first-order valence-electron chi connectivity index (χ1n) is 37.5. The van der Waals surface area contributed by atoms with Gasteiger partial charge in [-0.3, -0.25) is 0 Å². The van der Waals surface area contributed by atoms with Gasteiger partial charge in [-0.1, -0.05) is 97.1 Å². The van der Waals surface area contributed by atoms with Crippen molar-refractivity contribution in [3.63, 3.8) is 0 Å². The number of hydrogen-bond donors (Lipinski definition) is 7. The third-order valence-corrected chi connectivity index (χ3v) is 20.3. The number of piperazine rings is 3. The quantitative estimate of drug-likeness (QED) is 0.0401. The van der Waals surface area contributed by atoms with Crippen LogP contribution in [0, 0.1) is 5.82 Å². The van der Waals surface area contributed by atoms with Crippen molar-refractivity contribution in [1.29, 1.82) is 0 Å². The Kier molecular flexibility index (Phi) is 22.4. The second kappa shape index (κ2) is 34.3. The molecular weight excluding hydrogens is 1400 g/mol. The van der Waals surface area contributed by atoms with Crippen molar-refractivity contribution in [2.45, 2.75) is 50.8 Å². The van der Waals surface area contributed by atoms with Crippen LogP contribution in [0.4, 0.5) is 80.8 Å². The molecule has 4 fully saturated rings. The van der Waals surface area contributed by atoms with Crippen molar-refractivity contribution in [3.05, 3.63) is 263 Å². The molecule has 0 atom stereocenters. The van der Waals surface area contributed by atoms with Gasteiger partial charge in [-0.15, -0.1) is 0 Å². The minimum Gasteiger partial charge on any atom is -0.383 e. The summed E-state index contributed by atoms with van der Waals surface area (Å²) in [6.45, 7) is 13.6. The molecule has 18 rings (SSSR count). The van der Waals surface area contributed by atoms with Crippen LogP contribution in [-0.4, -0.2) is 185 Å². The van der Waals surface area contributed by atoms with Gasteiger partial charge in [0, 0.05) is 164 Å². The minimum absolute atomic E-state index is 0.231. The van der Waals surface area contributed by atoms with Gasteiger partial charge in [-0.05, 0) is 130 Å². The molecule has 0 amide bonds. The van der Waals surface area contributed by atoms with Crippen LogP contribution in [0.1, 0.15) is 61.2 Å². The second-order valence-corrected chi connectivity index (χ2v) is 28.0. The van der Waals surface area contributed by atoms with Gasteiger partial charge in [0.05, 0.1) is 13.2 Å². The Balaban J connectivity index is 0.000000126. The molecule has 111 heavy (non-hydrogen) atoms. The lowest BCUT2D eigenvalue weighted by atomic mass is 9.92. The van der Waals surface area contributed by atoms with E-state index in [1.165, 1.54) is 45.8 Å². The number of benzene rings is 6. The van der Waals surface area contributed by atoms with Gasteiger partial charge >= 0.3 is 0 Å². The highest BCUT2D eigenvalue weighted by Gasteiger charge is 2.38. The number of ether oxygens (including phenoxy) is 1. The highest BCUT2D eigenvalue weighted by Crippen LogP contribution is 2.32. The fourth-order valence-corrected chi connectivity index (χ4v) is 14.1. The van der Waals surface area contributed by atoms with Crippen molar-refractivity contribution in [1.82, 2.24) is 85.4 Å². The van der Waals surface area contributed by atoms with E-state index in [9.17, 15) is 9.50 Å². The molecule has 29 nitrogen and oxygen atoms in total. The average molecular weight is 1490 g/mol. The van der Waals surface area contributed by atoms with Gasteiger partial charge in [0.2, 0.25) is 53.5 Å². The molecule has 0 radical (unpaired) electrons. The van der Waals surface area contributed by atoms with E-state index >= 15 is 0 Å². The maximum atomic E-state index is 13.4. The molecule has 12 aromatic rings. The van der Waals surface area contributed by atoms with Crippen LogP contribution >= 0.6 is 0 Å². The number of fused-ring (bicyclic) bond motifs is 2. The summed E-state index contributed by atoms with van der Waals surface area (Å²) in [5.41, 5.74) is 20.8. The summed E-state index contributed by atoms with van der Waals surface area (Å²) >= 11 is 0. The van der Waals surface area contributed by atoms with Crippen LogP contribution in [0.2, 0.25) is 0 Å². The fourth-order valence-electron chi connectivity index (χ4n) is 14.1. The van der Waals surface area contributed by atoms with Crippen molar-refractivity contribution in [3.8, 4) is 0 Å². The fraction of sp³-hybridized carbons (Fsp3) is 0.296. The van der Waals surface area contributed by atoms with Crippen LogP contribution in [0.15, 0.2) is 196 Å². The lowest BCUT2D eigenvalue weighted by Gasteiger charge is -2.36. The molecule has 6 aliphatic heterocycles. The van der Waals surface area contributed by atoms with Crippen LogP contribution in [0.5, 0.6) is 0 Å². The third kappa shape index (κ3) is 18.6. The summed E-state index contributed by atoms with van der Waals surface area (Å²) < 4.78 is 18.6. The van der Waals surface area contributed by atoms with Crippen molar-refractivity contribution < 1.29 is 14.2 Å². The molecule has 6 aromatic carbocycles. The molecule has 0 unspecified atom stereocenters. The van der Waals surface area contributed by atoms with Crippen molar-refractivity contribution >= 4 is 76.4 Å². The summed E-state index contributed by atoms with van der Waals surface area (Å²) in [4.78, 5) is 80.6. The van der Waals surface area contributed by atoms with E-state index in [1.54, 1.807) is 24.8 Å². The topological polar surface area (TPSA) is 328 Å². The molecule has 0 aliphatic carbocycles. The number of rotatable bonds is 19. The maximum absolute atomic E-state index is 13.4. The number of hydrogen-bond acceptors (Lipinski definition) is 29. The standard InChI is InChI=1S/C27H28FN9.C27H30N10.C27H28N8O2/c28-23-3-1-2-19(13-23)12-20-15-30-26(31-16-20)36-8-10-37(11-9-36)27-33-18-32-25(35-27)34-24-5-4-21-6-7-29-17-22(21)14-24;28-24-22(14-19-4-2-1-3-5-19)17-30-26(34-24)36-10-12-37(13-11-36)27-32-18-31-25(35-27)33-23-7-6-20-8-9-29-16-21(20)15-23;36-27(17-37-18-27)22-6-8-23(9-7-22)32-24-30-19-31-26(33-24)35-12-10-34(11-13-35)25-28-15-21(16-29-25)14-20-4-2-1-3-5-20/h1-5,13-16,18,29H,6-12,17H2,(H,32,33,34,35);1-7,15,17-18,29H,8-14,16H2,(H2,28,30,34)(H,31,32,33,35);1-9,15-16,19,36H,10-14,17-18H2,(H,30,31,32,33). The largest absolute Gasteiger partial charge is 0.383 e. The summed E-state index contributed by atoms with van der Waals surface area (Å²) in [6, 6.07) is 47.6. The van der Waals surface area contributed by atoms with Gasteiger partial charge in [0.15, 0.2) is 0 Å². The second-order valence-electron chi connectivity index (χ2n) is 28.0. The molecule has 0 bridgehead atoms.